The van der Waals surface area contributed by atoms with E-state index in [0.29, 0.717) is 0 Å². The highest BCUT2D eigenvalue weighted by Crippen LogP contribution is 2.33. The van der Waals surface area contributed by atoms with Crippen LogP contribution in [0, 0.1) is 13.8 Å². The SMILES string of the molecule is Cc1ccc(C)c(NC(=S)N2CCn3cccc3[C@H]2c2ccncc2)c1. The maximum absolute atomic E-state index is 5.83. The van der Waals surface area contributed by atoms with Crippen LogP contribution in [0.3, 0.4) is 0 Å². The molecule has 5 heteroatoms. The molecular formula is C21H22N4S. The third-order valence-corrected chi connectivity index (χ3v) is 5.29. The monoisotopic (exact) mass is 362 g/mol. The topological polar surface area (TPSA) is 33.1 Å². The summed E-state index contributed by atoms with van der Waals surface area (Å²) in [5.74, 6) is 0. The quantitative estimate of drug-likeness (QED) is 0.689. The second-order valence-corrected chi connectivity index (χ2v) is 7.14. The van der Waals surface area contributed by atoms with Crippen molar-refractivity contribution in [3.05, 3.63) is 83.4 Å². The molecule has 4 nitrogen and oxygen atoms in total. The van der Waals surface area contributed by atoms with E-state index in [2.05, 4.69) is 82.3 Å². The van der Waals surface area contributed by atoms with Crippen LogP contribution in [0.4, 0.5) is 5.69 Å². The first kappa shape index (κ1) is 16.8. The molecule has 4 rings (SSSR count). The fourth-order valence-electron chi connectivity index (χ4n) is 3.56. The Labute approximate surface area is 159 Å². The average molecular weight is 363 g/mol. The minimum Gasteiger partial charge on any atom is -0.348 e. The largest absolute Gasteiger partial charge is 0.348 e. The molecule has 26 heavy (non-hydrogen) atoms. The number of rotatable bonds is 2. The number of nitrogens with one attached hydrogen (secondary N) is 1. The summed E-state index contributed by atoms with van der Waals surface area (Å²) < 4.78 is 2.31. The first-order valence-corrected chi connectivity index (χ1v) is 9.24. The molecule has 0 saturated heterocycles. The molecule has 3 heterocycles. The van der Waals surface area contributed by atoms with Gasteiger partial charge in [0.05, 0.1) is 6.04 Å². The summed E-state index contributed by atoms with van der Waals surface area (Å²) in [6, 6.07) is 14.9. The van der Waals surface area contributed by atoms with Gasteiger partial charge in [0.15, 0.2) is 5.11 Å². The second kappa shape index (κ2) is 6.92. The van der Waals surface area contributed by atoms with E-state index in [0.717, 1.165) is 23.9 Å². The maximum Gasteiger partial charge on any atom is 0.174 e. The van der Waals surface area contributed by atoms with Crippen molar-refractivity contribution in [3.63, 3.8) is 0 Å². The van der Waals surface area contributed by atoms with Gasteiger partial charge >= 0.3 is 0 Å². The van der Waals surface area contributed by atoms with Crippen LogP contribution in [-0.4, -0.2) is 26.1 Å². The average Bonchev–Trinajstić information content (AvgIpc) is 3.13. The van der Waals surface area contributed by atoms with E-state index in [1.807, 2.05) is 12.4 Å². The van der Waals surface area contributed by atoms with E-state index in [4.69, 9.17) is 12.2 Å². The summed E-state index contributed by atoms with van der Waals surface area (Å²) in [6.45, 7) is 6.00. The fraction of sp³-hybridized carbons (Fsp3) is 0.238. The molecule has 0 aliphatic carbocycles. The molecule has 2 aromatic heterocycles. The van der Waals surface area contributed by atoms with E-state index < -0.39 is 0 Å². The van der Waals surface area contributed by atoms with Crippen LogP contribution >= 0.6 is 12.2 Å². The van der Waals surface area contributed by atoms with Crippen molar-refractivity contribution in [2.24, 2.45) is 0 Å². The molecule has 0 fully saturated rings. The number of pyridine rings is 1. The smallest absolute Gasteiger partial charge is 0.174 e. The van der Waals surface area contributed by atoms with Crippen molar-refractivity contribution in [2.45, 2.75) is 26.4 Å². The van der Waals surface area contributed by atoms with Gasteiger partial charge in [-0.25, -0.2) is 0 Å². The van der Waals surface area contributed by atoms with Crippen LogP contribution in [0.1, 0.15) is 28.4 Å². The Hall–Kier alpha value is -2.66. The first-order chi connectivity index (χ1) is 12.6. The van der Waals surface area contributed by atoms with E-state index in [1.165, 1.54) is 22.4 Å². The molecule has 1 atom stereocenters. The molecule has 0 unspecified atom stereocenters. The molecule has 0 radical (unpaired) electrons. The Morgan fingerprint density at radius 2 is 1.92 bits per heavy atom. The zero-order valence-corrected chi connectivity index (χ0v) is 15.8. The second-order valence-electron chi connectivity index (χ2n) is 6.75. The van der Waals surface area contributed by atoms with Gasteiger partial charge in [-0.2, -0.15) is 0 Å². The minimum atomic E-state index is 0.0897. The van der Waals surface area contributed by atoms with Crippen LogP contribution in [0.5, 0.6) is 0 Å². The van der Waals surface area contributed by atoms with Crippen LogP contribution in [0.15, 0.2) is 61.1 Å². The molecule has 1 N–H and O–H groups in total. The highest BCUT2D eigenvalue weighted by molar-refractivity contribution is 7.80. The van der Waals surface area contributed by atoms with Crippen LogP contribution < -0.4 is 5.32 Å². The van der Waals surface area contributed by atoms with Gasteiger partial charge in [0.25, 0.3) is 0 Å². The molecule has 0 bridgehead atoms. The molecule has 0 spiro atoms. The van der Waals surface area contributed by atoms with E-state index in [9.17, 15) is 0 Å². The molecule has 3 aromatic rings. The Balaban J connectivity index is 1.68. The molecule has 1 aliphatic rings. The van der Waals surface area contributed by atoms with Crippen LogP contribution in [0.2, 0.25) is 0 Å². The summed E-state index contributed by atoms with van der Waals surface area (Å²) in [5.41, 5.74) is 5.94. The van der Waals surface area contributed by atoms with Gasteiger partial charge in [0.1, 0.15) is 0 Å². The van der Waals surface area contributed by atoms with Gasteiger partial charge in [-0.3, -0.25) is 4.98 Å². The van der Waals surface area contributed by atoms with Crippen molar-refractivity contribution >= 4 is 23.0 Å². The molecular weight excluding hydrogens is 340 g/mol. The number of hydrogen-bond acceptors (Lipinski definition) is 2. The Kier molecular flexibility index (Phi) is 4.47. The lowest BCUT2D eigenvalue weighted by atomic mass is 10.0. The number of nitrogens with zero attached hydrogens (tertiary/aromatic N) is 3. The number of aromatic nitrogens is 2. The third kappa shape index (κ3) is 3.10. The van der Waals surface area contributed by atoms with Crippen molar-refractivity contribution in [3.8, 4) is 0 Å². The van der Waals surface area contributed by atoms with Crippen LogP contribution in [-0.2, 0) is 6.54 Å². The van der Waals surface area contributed by atoms with Gasteiger partial charge in [-0.1, -0.05) is 12.1 Å². The zero-order valence-electron chi connectivity index (χ0n) is 15.0. The predicted octanol–water partition coefficient (Wildman–Crippen LogP) is 4.30. The van der Waals surface area contributed by atoms with Crippen molar-refractivity contribution in [1.29, 1.82) is 0 Å². The fourth-order valence-corrected chi connectivity index (χ4v) is 3.86. The van der Waals surface area contributed by atoms with Crippen molar-refractivity contribution in [2.75, 3.05) is 11.9 Å². The number of thiocarbonyl (C=S) groups is 1. The van der Waals surface area contributed by atoms with Gasteiger partial charge < -0.3 is 14.8 Å². The highest BCUT2D eigenvalue weighted by atomic mass is 32.1. The maximum atomic E-state index is 5.83. The molecule has 0 amide bonds. The number of aryl methyl sites for hydroxylation is 2. The van der Waals surface area contributed by atoms with Crippen LogP contribution in [0.25, 0.3) is 0 Å². The molecule has 1 aromatic carbocycles. The number of hydrogen-bond donors (Lipinski definition) is 1. The molecule has 132 valence electrons. The van der Waals surface area contributed by atoms with E-state index >= 15 is 0 Å². The lowest BCUT2D eigenvalue weighted by Crippen LogP contribution is -2.44. The number of anilines is 1. The summed E-state index contributed by atoms with van der Waals surface area (Å²) in [7, 11) is 0. The van der Waals surface area contributed by atoms with Crippen molar-refractivity contribution < 1.29 is 0 Å². The standard InChI is InChI=1S/C21H22N4S/c1-15-5-6-16(2)18(14-15)23-21(26)25-13-12-24-11-3-4-19(24)20(25)17-7-9-22-10-8-17/h3-11,14,20H,12-13H2,1-2H3,(H,23,26)/t20-/m1/s1. The summed E-state index contributed by atoms with van der Waals surface area (Å²) in [6.07, 6.45) is 5.83. The third-order valence-electron chi connectivity index (χ3n) is 4.96. The number of benzene rings is 1. The summed E-state index contributed by atoms with van der Waals surface area (Å²) in [5, 5.41) is 4.23. The highest BCUT2D eigenvalue weighted by Gasteiger charge is 2.30. The minimum absolute atomic E-state index is 0.0897. The Bertz CT molecular complexity index is 932. The van der Waals surface area contributed by atoms with Gasteiger partial charge in [-0.05, 0) is 73.1 Å². The van der Waals surface area contributed by atoms with Gasteiger partial charge in [0.2, 0.25) is 0 Å². The molecule has 0 saturated carbocycles. The zero-order chi connectivity index (χ0) is 18.1. The van der Waals surface area contributed by atoms with E-state index in [1.54, 1.807) is 0 Å². The normalized spacial score (nSPS) is 16.2. The lowest BCUT2D eigenvalue weighted by molar-refractivity contribution is 0.293. The Morgan fingerprint density at radius 3 is 2.73 bits per heavy atom. The number of fused-ring (bicyclic) bond motifs is 1. The van der Waals surface area contributed by atoms with Crippen molar-refractivity contribution in [1.82, 2.24) is 14.5 Å². The predicted molar refractivity (Wildman–Crippen MR) is 109 cm³/mol. The lowest BCUT2D eigenvalue weighted by Gasteiger charge is -2.39. The summed E-state index contributed by atoms with van der Waals surface area (Å²) in [4.78, 5) is 6.45. The summed E-state index contributed by atoms with van der Waals surface area (Å²) >= 11 is 5.83. The van der Waals surface area contributed by atoms with Gasteiger partial charge in [0, 0.05) is 43.1 Å². The Morgan fingerprint density at radius 1 is 1.12 bits per heavy atom. The van der Waals surface area contributed by atoms with E-state index in [-0.39, 0.29) is 6.04 Å². The molecule has 1 aliphatic heterocycles. The van der Waals surface area contributed by atoms with Gasteiger partial charge in [-0.15, -0.1) is 0 Å². The first-order valence-electron chi connectivity index (χ1n) is 8.83.